The van der Waals surface area contributed by atoms with Gasteiger partial charge in [-0.05, 0) is 31.7 Å². The molecular weight excluding hydrogens is 154 g/mol. The molecule has 0 amide bonds. The second-order valence-electron chi connectivity index (χ2n) is 3.51. The molecule has 2 N–H and O–H groups in total. The molecule has 1 heterocycles. The molecular formula is C9H19NO2. The van der Waals surface area contributed by atoms with Crippen LogP contribution in [0, 0.1) is 5.92 Å². The number of methoxy groups -OCH3 is 1. The first-order chi connectivity index (χ1) is 5.86. The van der Waals surface area contributed by atoms with Gasteiger partial charge in [-0.25, -0.2) is 0 Å². The Labute approximate surface area is 74.1 Å². The topological polar surface area (TPSA) is 41.5 Å². The molecule has 0 aliphatic carbocycles. The number of hydrogen-bond donors (Lipinski definition) is 2. The van der Waals surface area contributed by atoms with Crippen LogP contribution < -0.4 is 5.32 Å². The SMILES string of the molecule is COCC1CC(CCO)CCN1. The number of ether oxygens (including phenoxy) is 1. The number of aliphatic hydroxyl groups is 1. The van der Waals surface area contributed by atoms with E-state index in [-0.39, 0.29) is 0 Å². The van der Waals surface area contributed by atoms with Gasteiger partial charge in [0.05, 0.1) is 6.61 Å². The molecule has 0 bridgehead atoms. The third-order valence-corrected chi connectivity index (χ3v) is 2.51. The van der Waals surface area contributed by atoms with Crippen LogP contribution in [0.15, 0.2) is 0 Å². The molecule has 12 heavy (non-hydrogen) atoms. The van der Waals surface area contributed by atoms with Crippen molar-refractivity contribution in [3.8, 4) is 0 Å². The van der Waals surface area contributed by atoms with E-state index in [1.54, 1.807) is 7.11 Å². The van der Waals surface area contributed by atoms with Crippen molar-refractivity contribution in [1.82, 2.24) is 5.32 Å². The van der Waals surface area contributed by atoms with Crippen LogP contribution in [0.2, 0.25) is 0 Å². The van der Waals surface area contributed by atoms with Gasteiger partial charge in [-0.2, -0.15) is 0 Å². The Kier molecular flexibility index (Phi) is 4.58. The number of nitrogens with one attached hydrogen (secondary N) is 1. The highest BCUT2D eigenvalue weighted by Gasteiger charge is 2.20. The molecule has 3 nitrogen and oxygen atoms in total. The zero-order valence-corrected chi connectivity index (χ0v) is 7.75. The van der Waals surface area contributed by atoms with Gasteiger partial charge in [-0.15, -0.1) is 0 Å². The predicted molar refractivity (Wildman–Crippen MR) is 48.1 cm³/mol. The van der Waals surface area contributed by atoms with Gasteiger partial charge in [-0.3, -0.25) is 0 Å². The van der Waals surface area contributed by atoms with Gasteiger partial charge >= 0.3 is 0 Å². The highest BCUT2D eigenvalue weighted by Crippen LogP contribution is 2.19. The summed E-state index contributed by atoms with van der Waals surface area (Å²) in [6.07, 6.45) is 3.29. The minimum absolute atomic E-state index is 0.324. The largest absolute Gasteiger partial charge is 0.396 e. The zero-order valence-electron chi connectivity index (χ0n) is 7.75. The van der Waals surface area contributed by atoms with Crippen LogP contribution in [0.5, 0.6) is 0 Å². The summed E-state index contributed by atoms with van der Waals surface area (Å²) in [6, 6.07) is 0.500. The molecule has 2 atom stereocenters. The minimum Gasteiger partial charge on any atom is -0.396 e. The Balaban J connectivity index is 2.20. The lowest BCUT2D eigenvalue weighted by atomic mass is 9.90. The summed E-state index contributed by atoms with van der Waals surface area (Å²) in [7, 11) is 1.73. The van der Waals surface area contributed by atoms with Gasteiger partial charge < -0.3 is 15.2 Å². The van der Waals surface area contributed by atoms with E-state index >= 15 is 0 Å². The van der Waals surface area contributed by atoms with Crippen molar-refractivity contribution in [3.05, 3.63) is 0 Å². The van der Waals surface area contributed by atoms with Crippen molar-refractivity contribution in [2.24, 2.45) is 5.92 Å². The van der Waals surface area contributed by atoms with Crippen LogP contribution in [-0.2, 0) is 4.74 Å². The van der Waals surface area contributed by atoms with Crippen molar-refractivity contribution in [1.29, 1.82) is 0 Å². The smallest absolute Gasteiger partial charge is 0.0615 e. The Bertz CT molecular complexity index is 103. The molecule has 0 saturated carbocycles. The van der Waals surface area contributed by atoms with E-state index < -0.39 is 0 Å². The zero-order chi connectivity index (χ0) is 8.81. The van der Waals surface area contributed by atoms with E-state index in [0.29, 0.717) is 18.6 Å². The lowest BCUT2D eigenvalue weighted by molar-refractivity contribution is 0.130. The van der Waals surface area contributed by atoms with Crippen LogP contribution >= 0.6 is 0 Å². The highest BCUT2D eigenvalue weighted by molar-refractivity contribution is 4.77. The highest BCUT2D eigenvalue weighted by atomic mass is 16.5. The fourth-order valence-electron chi connectivity index (χ4n) is 1.87. The monoisotopic (exact) mass is 173 g/mol. The normalized spacial score (nSPS) is 30.5. The van der Waals surface area contributed by atoms with Crippen molar-refractivity contribution >= 4 is 0 Å². The fourth-order valence-corrected chi connectivity index (χ4v) is 1.87. The quantitative estimate of drug-likeness (QED) is 0.646. The predicted octanol–water partition coefficient (Wildman–Crippen LogP) is 0.383. The van der Waals surface area contributed by atoms with Crippen LogP contribution in [-0.4, -0.2) is 38.0 Å². The van der Waals surface area contributed by atoms with Crippen LogP contribution in [0.25, 0.3) is 0 Å². The second kappa shape index (κ2) is 5.51. The molecule has 0 radical (unpaired) electrons. The van der Waals surface area contributed by atoms with E-state index in [4.69, 9.17) is 9.84 Å². The van der Waals surface area contributed by atoms with Crippen molar-refractivity contribution in [2.75, 3.05) is 26.9 Å². The Morgan fingerprint density at radius 2 is 2.42 bits per heavy atom. The third-order valence-electron chi connectivity index (χ3n) is 2.51. The van der Waals surface area contributed by atoms with Crippen LogP contribution in [0.1, 0.15) is 19.3 Å². The average Bonchev–Trinajstić information content (AvgIpc) is 2.06. The van der Waals surface area contributed by atoms with E-state index in [2.05, 4.69) is 5.32 Å². The lowest BCUT2D eigenvalue weighted by Crippen LogP contribution is -2.41. The summed E-state index contributed by atoms with van der Waals surface area (Å²) in [5, 5.41) is 12.2. The Hall–Kier alpha value is -0.120. The standard InChI is InChI=1S/C9H19NO2/c1-12-7-9-6-8(3-5-11)2-4-10-9/h8-11H,2-7H2,1H3. The summed E-state index contributed by atoms with van der Waals surface area (Å²) >= 11 is 0. The molecule has 1 rings (SSSR count). The molecule has 2 unspecified atom stereocenters. The number of rotatable bonds is 4. The molecule has 0 spiro atoms. The number of hydrogen-bond acceptors (Lipinski definition) is 3. The molecule has 0 aromatic carbocycles. The summed E-state index contributed by atoms with van der Waals surface area (Å²) in [5.74, 6) is 0.691. The van der Waals surface area contributed by atoms with Gasteiger partial charge in [0, 0.05) is 19.8 Å². The molecule has 1 aliphatic heterocycles. The van der Waals surface area contributed by atoms with Crippen LogP contribution in [0.4, 0.5) is 0 Å². The van der Waals surface area contributed by atoms with Crippen molar-refractivity contribution < 1.29 is 9.84 Å². The first-order valence-electron chi connectivity index (χ1n) is 4.70. The molecule has 3 heteroatoms. The first-order valence-corrected chi connectivity index (χ1v) is 4.70. The van der Waals surface area contributed by atoms with Gasteiger partial charge in [0.25, 0.3) is 0 Å². The van der Waals surface area contributed by atoms with Gasteiger partial charge in [0.15, 0.2) is 0 Å². The molecule has 72 valence electrons. The van der Waals surface area contributed by atoms with Gasteiger partial charge in [-0.1, -0.05) is 0 Å². The summed E-state index contributed by atoms with van der Waals surface area (Å²) < 4.78 is 5.08. The average molecular weight is 173 g/mol. The second-order valence-corrected chi connectivity index (χ2v) is 3.51. The molecule has 1 fully saturated rings. The molecule has 0 aromatic rings. The van der Waals surface area contributed by atoms with Gasteiger partial charge in [0.1, 0.15) is 0 Å². The van der Waals surface area contributed by atoms with E-state index in [9.17, 15) is 0 Å². The van der Waals surface area contributed by atoms with E-state index in [1.165, 1.54) is 6.42 Å². The fraction of sp³-hybridized carbons (Fsp3) is 1.00. The number of piperidine rings is 1. The van der Waals surface area contributed by atoms with E-state index in [1.807, 2.05) is 0 Å². The summed E-state index contributed by atoms with van der Waals surface area (Å²) in [6.45, 7) is 2.19. The van der Waals surface area contributed by atoms with Gasteiger partial charge in [0.2, 0.25) is 0 Å². The molecule has 1 aliphatic rings. The van der Waals surface area contributed by atoms with Crippen molar-refractivity contribution in [3.63, 3.8) is 0 Å². The van der Waals surface area contributed by atoms with E-state index in [0.717, 1.165) is 26.0 Å². The molecule has 0 aromatic heterocycles. The maximum absolute atomic E-state index is 8.78. The summed E-state index contributed by atoms with van der Waals surface area (Å²) in [5.41, 5.74) is 0. The minimum atomic E-state index is 0.324. The first kappa shape index (κ1) is 9.96. The lowest BCUT2D eigenvalue weighted by Gasteiger charge is -2.29. The van der Waals surface area contributed by atoms with Crippen LogP contribution in [0.3, 0.4) is 0 Å². The summed E-state index contributed by atoms with van der Waals surface area (Å²) in [4.78, 5) is 0. The Morgan fingerprint density at radius 3 is 3.08 bits per heavy atom. The third kappa shape index (κ3) is 3.09. The molecule has 1 saturated heterocycles. The maximum atomic E-state index is 8.78. The number of aliphatic hydroxyl groups excluding tert-OH is 1. The van der Waals surface area contributed by atoms with Crippen molar-refractivity contribution in [2.45, 2.75) is 25.3 Å². The maximum Gasteiger partial charge on any atom is 0.0615 e. The Morgan fingerprint density at radius 1 is 1.58 bits per heavy atom.